The molecule has 0 aliphatic carbocycles. The second-order valence-corrected chi connectivity index (χ2v) is 3.37. The number of aromatic hydroxyl groups is 1. The van der Waals surface area contributed by atoms with E-state index in [-0.39, 0.29) is 10.9 Å². The molecule has 0 fully saturated rings. The van der Waals surface area contributed by atoms with Gasteiger partial charge < -0.3 is 14.9 Å². The first-order valence-electron chi connectivity index (χ1n) is 4.02. The summed E-state index contributed by atoms with van der Waals surface area (Å²) in [6.07, 6.45) is -5.06. The molecule has 0 bridgehead atoms. The van der Waals surface area contributed by atoms with Gasteiger partial charge in [0.15, 0.2) is 11.4 Å². The predicted molar refractivity (Wildman–Crippen MR) is 52.2 cm³/mol. The Morgan fingerprint density at radius 1 is 1.53 bits per heavy atom. The second-order valence-electron chi connectivity index (χ2n) is 2.81. The van der Waals surface area contributed by atoms with Crippen LogP contribution < -0.4 is 4.74 Å². The van der Waals surface area contributed by atoms with Crippen LogP contribution in [-0.4, -0.2) is 27.5 Å². The number of nitrogens with zero attached hydrogens (tertiary/aromatic N) is 1. The molecule has 0 saturated heterocycles. The van der Waals surface area contributed by atoms with Gasteiger partial charge in [0.25, 0.3) is 5.88 Å². The van der Waals surface area contributed by atoms with E-state index in [0.29, 0.717) is 0 Å². The maximum atomic E-state index is 12.0. The number of aromatic nitrogens is 1. The zero-order valence-corrected chi connectivity index (χ0v) is 9.54. The van der Waals surface area contributed by atoms with Crippen LogP contribution in [0, 0.1) is 0 Å². The third kappa shape index (κ3) is 3.48. The van der Waals surface area contributed by atoms with Gasteiger partial charge in [0.2, 0.25) is 0 Å². The number of hydrogen-bond donors (Lipinski definition) is 2. The number of rotatable bonds is 3. The number of pyridine rings is 1. The third-order valence-corrected chi connectivity index (χ3v) is 2.22. The summed E-state index contributed by atoms with van der Waals surface area (Å²) in [4.78, 5) is 13.7. The molecule has 9 heteroatoms. The zero-order chi connectivity index (χ0) is 13.2. The van der Waals surface area contributed by atoms with Gasteiger partial charge in [-0.1, -0.05) is 15.9 Å². The molecular formula is C8H5BrF3NO4. The topological polar surface area (TPSA) is 79.7 Å². The van der Waals surface area contributed by atoms with E-state index in [1.165, 1.54) is 0 Å². The lowest BCUT2D eigenvalue weighted by molar-refractivity contribution is -0.276. The van der Waals surface area contributed by atoms with E-state index in [9.17, 15) is 23.1 Å². The normalized spacial score (nSPS) is 11.3. The van der Waals surface area contributed by atoms with Crippen molar-refractivity contribution in [2.75, 3.05) is 0 Å². The summed E-state index contributed by atoms with van der Waals surface area (Å²) in [5.41, 5.74) is -0.729. The van der Waals surface area contributed by atoms with Gasteiger partial charge in [0, 0.05) is 10.9 Å². The van der Waals surface area contributed by atoms with Crippen molar-refractivity contribution in [3.63, 3.8) is 0 Å². The number of halogens is 4. The van der Waals surface area contributed by atoms with Crippen molar-refractivity contribution in [1.29, 1.82) is 0 Å². The largest absolute Gasteiger partial charge is 0.574 e. The van der Waals surface area contributed by atoms with Crippen LogP contribution in [-0.2, 0) is 5.33 Å². The molecule has 1 aromatic heterocycles. The minimum absolute atomic E-state index is 0.0458. The van der Waals surface area contributed by atoms with E-state index in [4.69, 9.17) is 5.11 Å². The molecule has 94 valence electrons. The monoisotopic (exact) mass is 315 g/mol. The molecule has 0 spiro atoms. The van der Waals surface area contributed by atoms with Crippen LogP contribution in [0.4, 0.5) is 13.2 Å². The lowest BCUT2D eigenvalue weighted by Gasteiger charge is -2.11. The Labute approximate surface area is 101 Å². The molecule has 0 atom stereocenters. The second kappa shape index (κ2) is 4.78. The third-order valence-electron chi connectivity index (χ3n) is 1.62. The predicted octanol–water partition coefficient (Wildman–Crippen LogP) is 2.28. The van der Waals surface area contributed by atoms with Crippen molar-refractivity contribution in [2.24, 2.45) is 0 Å². The van der Waals surface area contributed by atoms with E-state index in [1.54, 1.807) is 0 Å². The van der Waals surface area contributed by atoms with Crippen LogP contribution >= 0.6 is 15.9 Å². The van der Waals surface area contributed by atoms with Gasteiger partial charge in [-0.25, -0.2) is 9.78 Å². The molecule has 1 aromatic rings. The van der Waals surface area contributed by atoms with Crippen molar-refractivity contribution < 1.29 is 32.9 Å². The van der Waals surface area contributed by atoms with Crippen molar-refractivity contribution >= 4 is 21.9 Å². The van der Waals surface area contributed by atoms with E-state index in [2.05, 4.69) is 25.7 Å². The Balaban J connectivity index is 3.28. The Hall–Kier alpha value is -1.51. The number of carboxylic acids is 1. The average molecular weight is 316 g/mol. The Kier molecular flexibility index (Phi) is 3.81. The number of ether oxygens (including phenoxy) is 1. The van der Waals surface area contributed by atoms with Crippen molar-refractivity contribution in [2.45, 2.75) is 11.7 Å². The van der Waals surface area contributed by atoms with E-state index in [0.717, 1.165) is 6.07 Å². The van der Waals surface area contributed by atoms with Crippen molar-refractivity contribution in [1.82, 2.24) is 4.98 Å². The molecule has 0 saturated carbocycles. The summed E-state index contributed by atoms with van der Waals surface area (Å²) < 4.78 is 39.3. The van der Waals surface area contributed by atoms with E-state index >= 15 is 0 Å². The highest BCUT2D eigenvalue weighted by molar-refractivity contribution is 9.08. The van der Waals surface area contributed by atoms with Gasteiger partial charge in [-0.05, 0) is 6.07 Å². The van der Waals surface area contributed by atoms with Gasteiger partial charge in [-0.3, -0.25) is 0 Å². The summed E-state index contributed by atoms with van der Waals surface area (Å²) in [5.74, 6) is -3.57. The highest BCUT2D eigenvalue weighted by atomic mass is 79.9. The van der Waals surface area contributed by atoms with Crippen molar-refractivity contribution in [3.8, 4) is 11.6 Å². The number of hydrogen-bond acceptors (Lipinski definition) is 4. The smallest absolute Gasteiger partial charge is 0.503 e. The molecule has 1 rings (SSSR count). The Morgan fingerprint density at radius 2 is 2.12 bits per heavy atom. The zero-order valence-electron chi connectivity index (χ0n) is 7.95. The van der Waals surface area contributed by atoms with Crippen LogP contribution in [0.15, 0.2) is 6.07 Å². The fraction of sp³-hybridized carbons (Fsp3) is 0.250. The Morgan fingerprint density at radius 3 is 2.53 bits per heavy atom. The maximum absolute atomic E-state index is 12.0. The molecule has 1 heterocycles. The summed E-state index contributed by atoms with van der Waals surface area (Å²) in [7, 11) is 0. The van der Waals surface area contributed by atoms with Crippen LogP contribution in [0.2, 0.25) is 0 Å². The maximum Gasteiger partial charge on any atom is 0.574 e. The lowest BCUT2D eigenvalue weighted by atomic mass is 10.2. The molecule has 0 aromatic carbocycles. The van der Waals surface area contributed by atoms with Gasteiger partial charge >= 0.3 is 12.3 Å². The number of alkyl halides is 4. The quantitative estimate of drug-likeness (QED) is 0.836. The van der Waals surface area contributed by atoms with Crippen LogP contribution in [0.3, 0.4) is 0 Å². The minimum atomic E-state index is -5.06. The van der Waals surface area contributed by atoms with Crippen LogP contribution in [0.25, 0.3) is 0 Å². The van der Waals surface area contributed by atoms with Gasteiger partial charge in [-0.15, -0.1) is 13.2 Å². The fourth-order valence-electron chi connectivity index (χ4n) is 0.958. The van der Waals surface area contributed by atoms with E-state index in [1.807, 2.05) is 0 Å². The molecule has 0 amide bonds. The van der Waals surface area contributed by atoms with E-state index < -0.39 is 29.7 Å². The van der Waals surface area contributed by atoms with Crippen molar-refractivity contribution in [3.05, 3.63) is 17.3 Å². The molecule has 2 N–H and O–H groups in total. The van der Waals surface area contributed by atoms with Crippen LogP contribution in [0.1, 0.15) is 16.1 Å². The molecule has 17 heavy (non-hydrogen) atoms. The molecule has 0 aliphatic rings. The highest BCUT2D eigenvalue weighted by Crippen LogP contribution is 2.33. The van der Waals surface area contributed by atoms with Gasteiger partial charge in [-0.2, -0.15) is 0 Å². The van der Waals surface area contributed by atoms with Gasteiger partial charge in [0.1, 0.15) is 0 Å². The number of carbonyl (C=O) groups is 1. The summed E-state index contributed by atoms with van der Waals surface area (Å²) in [6.45, 7) is 0. The molecule has 0 unspecified atom stereocenters. The number of aromatic carboxylic acids is 1. The summed E-state index contributed by atoms with van der Waals surface area (Å²) in [6, 6.07) is 0.940. The molecular weight excluding hydrogens is 311 g/mol. The fourth-order valence-corrected chi connectivity index (χ4v) is 1.39. The minimum Gasteiger partial charge on any atom is -0.503 e. The standard InChI is InChI=1S/C8H5BrF3NO4/c9-2-3-1-4(7(15)16)13-6(5(3)14)17-8(10,11)12/h1,14H,2H2,(H,15,16). The molecule has 0 aliphatic heterocycles. The average Bonchev–Trinajstić information content (AvgIpc) is 2.18. The number of carboxylic acid groups (broad SMARTS) is 1. The summed E-state index contributed by atoms with van der Waals surface area (Å²) in [5, 5.41) is 17.9. The SMILES string of the molecule is O=C(O)c1cc(CBr)c(O)c(OC(F)(F)F)n1. The summed E-state index contributed by atoms with van der Waals surface area (Å²) >= 11 is 2.89. The Bertz CT molecular complexity index is 449. The first kappa shape index (κ1) is 13.6. The lowest BCUT2D eigenvalue weighted by Crippen LogP contribution is -2.19. The molecule has 5 nitrogen and oxygen atoms in total. The first-order valence-corrected chi connectivity index (χ1v) is 5.14. The molecule has 0 radical (unpaired) electrons. The van der Waals surface area contributed by atoms with Crippen LogP contribution in [0.5, 0.6) is 11.6 Å². The highest BCUT2D eigenvalue weighted by Gasteiger charge is 2.34. The van der Waals surface area contributed by atoms with Gasteiger partial charge in [0.05, 0.1) is 0 Å². The first-order chi connectivity index (χ1) is 7.74.